The molecule has 1 aliphatic carbocycles. The molecule has 0 N–H and O–H groups in total. The smallest absolute Gasteiger partial charge is 0.129 e. The summed E-state index contributed by atoms with van der Waals surface area (Å²) in [5.74, 6) is -0.300. The zero-order chi connectivity index (χ0) is 11.1. The molecule has 0 spiro atoms. The number of rotatable bonds is 3. The van der Waals surface area contributed by atoms with Crippen LogP contribution in [0.4, 0.5) is 8.78 Å². The van der Waals surface area contributed by atoms with E-state index in [0.29, 0.717) is 11.5 Å². The van der Waals surface area contributed by atoms with Crippen molar-refractivity contribution in [2.75, 3.05) is 0 Å². The second-order valence-corrected chi connectivity index (χ2v) is 4.44. The van der Waals surface area contributed by atoms with Crippen molar-refractivity contribution in [3.63, 3.8) is 0 Å². The Labute approximate surface area is 89.3 Å². The number of hydrogen-bond donors (Lipinski definition) is 0. The van der Waals surface area contributed by atoms with E-state index in [1.54, 1.807) is 6.07 Å². The van der Waals surface area contributed by atoms with Gasteiger partial charge in [-0.1, -0.05) is 26.3 Å². The van der Waals surface area contributed by atoms with E-state index in [2.05, 4.69) is 13.8 Å². The zero-order valence-corrected chi connectivity index (χ0v) is 9.19. The first-order chi connectivity index (χ1) is 7.14. The molecule has 2 heteroatoms. The van der Waals surface area contributed by atoms with Crippen molar-refractivity contribution in [2.24, 2.45) is 5.92 Å². The minimum atomic E-state index is -0.490. The molecule has 0 saturated heterocycles. The van der Waals surface area contributed by atoms with Crippen LogP contribution in [0.15, 0.2) is 18.2 Å². The van der Waals surface area contributed by atoms with Gasteiger partial charge in [0, 0.05) is 11.5 Å². The monoisotopic (exact) mass is 210 g/mol. The lowest BCUT2D eigenvalue weighted by Crippen LogP contribution is -2.11. The summed E-state index contributed by atoms with van der Waals surface area (Å²) in [6.45, 7) is 4.21. The van der Waals surface area contributed by atoms with Gasteiger partial charge in [-0.2, -0.15) is 0 Å². The highest BCUT2D eigenvalue weighted by Gasteiger charge is 2.53. The molecular formula is C13H16F2. The molecular weight excluding hydrogens is 194 g/mol. The van der Waals surface area contributed by atoms with Crippen LogP contribution < -0.4 is 0 Å². The van der Waals surface area contributed by atoms with Crippen molar-refractivity contribution in [1.82, 2.24) is 0 Å². The van der Waals surface area contributed by atoms with Crippen LogP contribution >= 0.6 is 0 Å². The molecule has 0 aromatic heterocycles. The summed E-state index contributed by atoms with van der Waals surface area (Å²) in [4.78, 5) is 0. The van der Waals surface area contributed by atoms with Gasteiger partial charge in [-0.05, 0) is 30.4 Å². The molecule has 1 aliphatic rings. The van der Waals surface area contributed by atoms with Gasteiger partial charge < -0.3 is 0 Å². The molecule has 2 unspecified atom stereocenters. The molecule has 0 amide bonds. The first-order valence-electron chi connectivity index (χ1n) is 5.59. The highest BCUT2D eigenvalue weighted by atomic mass is 19.1. The Hall–Kier alpha value is -0.920. The third-order valence-corrected chi connectivity index (χ3v) is 3.82. The number of benzene rings is 1. The highest BCUT2D eigenvalue weighted by Crippen LogP contribution is 2.58. The summed E-state index contributed by atoms with van der Waals surface area (Å²) in [5.41, 5.74) is 0.699. The Balaban J connectivity index is 2.37. The molecule has 0 nitrogen and oxygen atoms in total. The van der Waals surface area contributed by atoms with Crippen molar-refractivity contribution >= 4 is 0 Å². The van der Waals surface area contributed by atoms with Crippen molar-refractivity contribution < 1.29 is 8.78 Å². The van der Waals surface area contributed by atoms with E-state index >= 15 is 0 Å². The van der Waals surface area contributed by atoms with Gasteiger partial charge in [0.1, 0.15) is 11.6 Å². The fourth-order valence-electron chi connectivity index (χ4n) is 2.76. The molecule has 0 bridgehead atoms. The van der Waals surface area contributed by atoms with Gasteiger partial charge in [-0.15, -0.1) is 0 Å². The maximum absolute atomic E-state index is 13.6. The Morgan fingerprint density at radius 2 is 2.07 bits per heavy atom. The molecule has 82 valence electrons. The summed E-state index contributed by atoms with van der Waals surface area (Å²) in [6.07, 6.45) is 3.06. The lowest BCUT2D eigenvalue weighted by molar-refractivity contribution is 0.511. The molecule has 2 rings (SSSR count). The van der Waals surface area contributed by atoms with Crippen LogP contribution in [0.5, 0.6) is 0 Å². The second kappa shape index (κ2) is 3.58. The SMILES string of the molecule is CCC1CC1(CC)c1ccc(F)cc1F. The normalized spacial score (nSPS) is 29.2. The van der Waals surface area contributed by atoms with E-state index in [1.165, 1.54) is 6.07 Å². The standard InChI is InChI=1S/C13H16F2/c1-3-9-8-13(9,4-2)11-6-5-10(14)7-12(11)15/h5-7,9H,3-4,8H2,1-2H3. The fourth-order valence-corrected chi connectivity index (χ4v) is 2.76. The third kappa shape index (κ3) is 1.56. The predicted molar refractivity (Wildman–Crippen MR) is 56.7 cm³/mol. The van der Waals surface area contributed by atoms with Crippen molar-refractivity contribution in [2.45, 2.75) is 38.5 Å². The van der Waals surface area contributed by atoms with Crippen molar-refractivity contribution in [3.8, 4) is 0 Å². The minimum Gasteiger partial charge on any atom is -0.207 e. The molecule has 1 aromatic rings. The fraction of sp³-hybridized carbons (Fsp3) is 0.538. The molecule has 2 atom stereocenters. The Bertz CT molecular complexity index is 373. The van der Waals surface area contributed by atoms with Crippen LogP contribution in [0.25, 0.3) is 0 Å². The van der Waals surface area contributed by atoms with Crippen molar-refractivity contribution in [3.05, 3.63) is 35.4 Å². The Morgan fingerprint density at radius 1 is 1.33 bits per heavy atom. The molecule has 1 saturated carbocycles. The maximum atomic E-state index is 13.6. The lowest BCUT2D eigenvalue weighted by Gasteiger charge is -2.16. The number of halogens is 2. The first-order valence-corrected chi connectivity index (χ1v) is 5.59. The zero-order valence-electron chi connectivity index (χ0n) is 9.19. The quantitative estimate of drug-likeness (QED) is 0.706. The molecule has 0 heterocycles. The van der Waals surface area contributed by atoms with E-state index in [1.807, 2.05) is 0 Å². The predicted octanol–water partition coefficient (Wildman–Crippen LogP) is 4.04. The maximum Gasteiger partial charge on any atom is 0.129 e. The average Bonchev–Trinajstić information content (AvgIpc) is 2.93. The van der Waals surface area contributed by atoms with Crippen LogP contribution in [0, 0.1) is 17.6 Å². The van der Waals surface area contributed by atoms with Crippen LogP contribution in [0.1, 0.15) is 38.7 Å². The summed E-state index contributed by atoms with van der Waals surface area (Å²) in [5, 5.41) is 0. The van der Waals surface area contributed by atoms with Gasteiger partial charge in [-0.25, -0.2) is 8.78 Å². The van der Waals surface area contributed by atoms with Gasteiger partial charge >= 0.3 is 0 Å². The summed E-state index contributed by atoms with van der Waals surface area (Å²) < 4.78 is 26.4. The molecule has 0 aliphatic heterocycles. The number of hydrogen-bond acceptors (Lipinski definition) is 0. The van der Waals surface area contributed by atoms with Crippen LogP contribution in [-0.2, 0) is 5.41 Å². The Kier molecular flexibility index (Phi) is 2.53. The van der Waals surface area contributed by atoms with Crippen LogP contribution in [0.3, 0.4) is 0 Å². The largest absolute Gasteiger partial charge is 0.207 e. The topological polar surface area (TPSA) is 0 Å². The average molecular weight is 210 g/mol. The molecule has 1 aromatic carbocycles. The summed E-state index contributed by atoms with van der Waals surface area (Å²) in [7, 11) is 0. The second-order valence-electron chi connectivity index (χ2n) is 4.44. The summed E-state index contributed by atoms with van der Waals surface area (Å²) in [6, 6.07) is 3.97. The van der Waals surface area contributed by atoms with E-state index in [4.69, 9.17) is 0 Å². The first kappa shape index (κ1) is 10.6. The Morgan fingerprint density at radius 3 is 2.53 bits per heavy atom. The van der Waals surface area contributed by atoms with E-state index in [9.17, 15) is 8.78 Å². The van der Waals surface area contributed by atoms with Crippen LogP contribution in [0.2, 0.25) is 0 Å². The molecule has 15 heavy (non-hydrogen) atoms. The van der Waals surface area contributed by atoms with E-state index in [0.717, 1.165) is 25.3 Å². The van der Waals surface area contributed by atoms with Crippen LogP contribution in [-0.4, -0.2) is 0 Å². The van der Waals surface area contributed by atoms with Gasteiger partial charge in [0.25, 0.3) is 0 Å². The third-order valence-electron chi connectivity index (χ3n) is 3.82. The lowest BCUT2D eigenvalue weighted by atomic mass is 9.89. The van der Waals surface area contributed by atoms with Gasteiger partial charge in [0.2, 0.25) is 0 Å². The van der Waals surface area contributed by atoms with Gasteiger partial charge in [-0.3, -0.25) is 0 Å². The summed E-state index contributed by atoms with van der Waals surface area (Å²) >= 11 is 0. The minimum absolute atomic E-state index is 0.00741. The van der Waals surface area contributed by atoms with Gasteiger partial charge in [0.15, 0.2) is 0 Å². The van der Waals surface area contributed by atoms with Crippen molar-refractivity contribution in [1.29, 1.82) is 0 Å². The highest BCUT2D eigenvalue weighted by molar-refractivity contribution is 5.34. The van der Waals surface area contributed by atoms with E-state index < -0.39 is 5.82 Å². The van der Waals surface area contributed by atoms with E-state index in [-0.39, 0.29) is 11.2 Å². The van der Waals surface area contributed by atoms with Gasteiger partial charge in [0.05, 0.1) is 0 Å². The molecule has 0 radical (unpaired) electrons. The molecule has 1 fully saturated rings.